The molecule has 0 spiro atoms. The Morgan fingerprint density at radius 1 is 1.33 bits per heavy atom. The number of nitrogens with zero attached hydrogens (tertiary/aromatic N) is 1. The second-order valence-corrected chi connectivity index (χ2v) is 5.65. The third kappa shape index (κ3) is 2.82. The summed E-state index contributed by atoms with van der Waals surface area (Å²) in [5.41, 5.74) is 0.638. The average molecular weight is 286 g/mol. The Morgan fingerprint density at radius 2 is 2.10 bits per heavy atom. The number of nitrogens with one attached hydrogen (secondary N) is 1. The maximum Gasteiger partial charge on any atom is 0.277 e. The number of dihydropyridines is 1. The quantitative estimate of drug-likeness (QED) is 0.832. The van der Waals surface area contributed by atoms with Crippen LogP contribution < -0.4 is 5.32 Å². The van der Waals surface area contributed by atoms with Crippen LogP contribution in [0.1, 0.15) is 32.1 Å². The first kappa shape index (κ1) is 13.8. The summed E-state index contributed by atoms with van der Waals surface area (Å²) in [6.45, 7) is 0. The highest BCUT2D eigenvalue weighted by atomic mass is 16.3. The topological polar surface area (TPSA) is 78.8 Å². The van der Waals surface area contributed by atoms with Crippen LogP contribution in [0.3, 0.4) is 0 Å². The van der Waals surface area contributed by atoms with Crippen molar-refractivity contribution >= 4 is 17.5 Å². The van der Waals surface area contributed by atoms with E-state index in [1.807, 2.05) is 0 Å². The van der Waals surface area contributed by atoms with E-state index in [4.69, 9.17) is 0 Å². The van der Waals surface area contributed by atoms with Gasteiger partial charge in [0.1, 0.15) is 5.76 Å². The van der Waals surface area contributed by atoms with Crippen molar-refractivity contribution in [3.05, 3.63) is 35.6 Å². The molecule has 1 fully saturated rings. The van der Waals surface area contributed by atoms with Gasteiger partial charge < -0.3 is 10.4 Å². The minimum absolute atomic E-state index is 0.0489. The zero-order valence-electron chi connectivity index (χ0n) is 11.7. The summed E-state index contributed by atoms with van der Waals surface area (Å²) in [6.07, 6.45) is 11.2. The van der Waals surface area contributed by atoms with Crippen LogP contribution in [-0.4, -0.2) is 28.7 Å². The van der Waals surface area contributed by atoms with Crippen LogP contribution >= 0.6 is 0 Å². The summed E-state index contributed by atoms with van der Waals surface area (Å²) in [6, 6.07) is 0.204. The summed E-state index contributed by atoms with van der Waals surface area (Å²) in [7, 11) is 0. The number of aliphatic imine (C=N–C) groups is 1. The largest absolute Gasteiger partial charge is 0.511 e. The van der Waals surface area contributed by atoms with Gasteiger partial charge in [-0.2, -0.15) is 0 Å². The van der Waals surface area contributed by atoms with Gasteiger partial charge in [0.25, 0.3) is 5.91 Å². The van der Waals surface area contributed by atoms with Gasteiger partial charge in [-0.25, -0.2) is 4.99 Å². The molecule has 0 saturated heterocycles. The molecule has 0 bridgehead atoms. The molecule has 1 atom stereocenters. The Kier molecular flexibility index (Phi) is 3.73. The summed E-state index contributed by atoms with van der Waals surface area (Å²) in [5, 5.41) is 13.2. The fraction of sp³-hybridized carbons (Fsp3) is 0.438. The van der Waals surface area contributed by atoms with E-state index in [0.29, 0.717) is 5.71 Å². The van der Waals surface area contributed by atoms with Crippen LogP contribution in [0, 0.1) is 5.92 Å². The lowest BCUT2D eigenvalue weighted by atomic mass is 9.89. The summed E-state index contributed by atoms with van der Waals surface area (Å²) >= 11 is 0. The molecule has 0 radical (unpaired) electrons. The zero-order chi connectivity index (χ0) is 14.8. The van der Waals surface area contributed by atoms with Crippen molar-refractivity contribution in [3.63, 3.8) is 0 Å². The lowest BCUT2D eigenvalue weighted by Gasteiger charge is -2.22. The van der Waals surface area contributed by atoms with Crippen LogP contribution in [0.5, 0.6) is 0 Å². The van der Waals surface area contributed by atoms with Gasteiger partial charge in [-0.15, -0.1) is 0 Å². The van der Waals surface area contributed by atoms with E-state index in [9.17, 15) is 14.7 Å². The van der Waals surface area contributed by atoms with Crippen molar-refractivity contribution in [3.8, 4) is 0 Å². The van der Waals surface area contributed by atoms with E-state index in [2.05, 4.69) is 10.3 Å². The van der Waals surface area contributed by atoms with Crippen molar-refractivity contribution in [2.24, 2.45) is 10.9 Å². The number of hydrogen-bond acceptors (Lipinski definition) is 3. The van der Waals surface area contributed by atoms with E-state index < -0.39 is 11.8 Å². The van der Waals surface area contributed by atoms with Crippen LogP contribution in [0.15, 0.2) is 40.6 Å². The first-order valence-corrected chi connectivity index (χ1v) is 7.34. The van der Waals surface area contributed by atoms with Crippen LogP contribution in [-0.2, 0) is 9.59 Å². The Labute approximate surface area is 123 Å². The maximum absolute atomic E-state index is 12.0. The van der Waals surface area contributed by atoms with Crippen LogP contribution in [0.4, 0.5) is 0 Å². The van der Waals surface area contributed by atoms with Gasteiger partial charge in [-0.1, -0.05) is 31.1 Å². The van der Waals surface area contributed by atoms with Gasteiger partial charge in [-0.05, 0) is 18.9 Å². The highest BCUT2D eigenvalue weighted by Gasteiger charge is 2.31. The van der Waals surface area contributed by atoms with Crippen molar-refractivity contribution in [2.45, 2.75) is 38.1 Å². The predicted octanol–water partition coefficient (Wildman–Crippen LogP) is 1.97. The minimum atomic E-state index is -0.514. The molecule has 1 saturated carbocycles. The van der Waals surface area contributed by atoms with E-state index in [-0.39, 0.29) is 29.7 Å². The number of hydrogen-bond donors (Lipinski definition) is 2. The SMILES string of the molecule is O=C(CC1=C(O)C2C=CC=CC2=NC1=O)NC1CCCC1. The van der Waals surface area contributed by atoms with E-state index in [1.165, 1.54) is 0 Å². The molecule has 5 nitrogen and oxygen atoms in total. The van der Waals surface area contributed by atoms with Crippen LogP contribution in [0.25, 0.3) is 0 Å². The smallest absolute Gasteiger partial charge is 0.277 e. The lowest BCUT2D eigenvalue weighted by Crippen LogP contribution is -2.34. The number of carbonyl (C=O) groups is 2. The molecule has 110 valence electrons. The minimum Gasteiger partial charge on any atom is -0.511 e. The number of rotatable bonds is 3. The van der Waals surface area contributed by atoms with Gasteiger partial charge in [-0.3, -0.25) is 9.59 Å². The normalized spacial score (nSPS) is 25.0. The maximum atomic E-state index is 12.0. The molecule has 2 N–H and O–H groups in total. The second kappa shape index (κ2) is 5.68. The molecule has 3 rings (SSSR count). The van der Waals surface area contributed by atoms with Gasteiger partial charge in [0, 0.05) is 6.04 Å². The van der Waals surface area contributed by atoms with Crippen LogP contribution in [0.2, 0.25) is 0 Å². The summed E-state index contributed by atoms with van der Waals surface area (Å²) in [5.74, 6) is -1.18. The molecule has 1 unspecified atom stereocenters. The lowest BCUT2D eigenvalue weighted by molar-refractivity contribution is -0.123. The van der Waals surface area contributed by atoms with Crippen molar-refractivity contribution in [1.29, 1.82) is 0 Å². The van der Waals surface area contributed by atoms with Gasteiger partial charge in [0.15, 0.2) is 0 Å². The standard InChI is InChI=1S/C16H18N2O3/c19-14(17-10-5-1-2-6-10)9-12-15(20)11-7-3-4-8-13(11)18-16(12)21/h3-4,7-8,10-11,20H,1-2,5-6,9H2,(H,17,19). The average Bonchev–Trinajstić information content (AvgIpc) is 2.96. The molecule has 2 aliphatic carbocycles. The Balaban J connectivity index is 1.72. The molecular weight excluding hydrogens is 268 g/mol. The molecule has 21 heavy (non-hydrogen) atoms. The van der Waals surface area contributed by atoms with E-state index in [1.54, 1.807) is 24.3 Å². The Hall–Kier alpha value is -2.17. The number of aliphatic hydroxyl groups excluding tert-OH is 1. The van der Waals surface area contributed by atoms with E-state index >= 15 is 0 Å². The Bertz CT molecular complexity index is 593. The monoisotopic (exact) mass is 286 g/mol. The van der Waals surface area contributed by atoms with Gasteiger partial charge in [0.2, 0.25) is 5.91 Å². The number of aliphatic hydroxyl groups is 1. The molecular formula is C16H18N2O3. The highest BCUT2D eigenvalue weighted by Crippen LogP contribution is 2.27. The molecule has 1 heterocycles. The molecule has 1 aliphatic heterocycles. The molecule has 5 heteroatoms. The first-order valence-electron chi connectivity index (χ1n) is 7.34. The fourth-order valence-corrected chi connectivity index (χ4v) is 3.03. The van der Waals surface area contributed by atoms with Crippen molar-refractivity contribution in [1.82, 2.24) is 5.32 Å². The zero-order valence-corrected chi connectivity index (χ0v) is 11.7. The number of allylic oxidation sites excluding steroid dienone is 4. The van der Waals surface area contributed by atoms with Gasteiger partial charge in [0.05, 0.1) is 23.6 Å². The third-order valence-corrected chi connectivity index (χ3v) is 4.15. The fourth-order valence-electron chi connectivity index (χ4n) is 3.03. The van der Waals surface area contributed by atoms with E-state index in [0.717, 1.165) is 25.7 Å². The molecule has 0 aromatic rings. The molecule has 0 aromatic carbocycles. The number of fused-ring (bicyclic) bond motifs is 1. The second-order valence-electron chi connectivity index (χ2n) is 5.65. The first-order chi connectivity index (χ1) is 10.1. The summed E-state index contributed by atoms with van der Waals surface area (Å²) in [4.78, 5) is 28.0. The van der Waals surface area contributed by atoms with Crippen molar-refractivity contribution < 1.29 is 14.7 Å². The third-order valence-electron chi connectivity index (χ3n) is 4.15. The number of carbonyl (C=O) groups excluding carboxylic acids is 2. The molecule has 0 aromatic heterocycles. The number of amides is 2. The predicted molar refractivity (Wildman–Crippen MR) is 78.9 cm³/mol. The van der Waals surface area contributed by atoms with Gasteiger partial charge >= 0.3 is 0 Å². The summed E-state index contributed by atoms with van der Waals surface area (Å²) < 4.78 is 0. The van der Waals surface area contributed by atoms with Crippen molar-refractivity contribution in [2.75, 3.05) is 0 Å². The Morgan fingerprint density at radius 3 is 2.86 bits per heavy atom. The molecule has 2 amide bonds. The molecule has 3 aliphatic rings. The highest BCUT2D eigenvalue weighted by molar-refractivity contribution is 6.15.